The molecule has 1 amide bonds. The molecule has 0 spiro atoms. The maximum Gasteiger partial charge on any atom is 0.244 e. The Labute approximate surface area is 161 Å². The van der Waals surface area contributed by atoms with Crippen molar-refractivity contribution in [3.8, 4) is 0 Å². The number of nitrogens with one attached hydrogen (secondary N) is 1. The predicted octanol–water partition coefficient (Wildman–Crippen LogP) is 3.18. The van der Waals surface area contributed by atoms with Gasteiger partial charge in [-0.1, -0.05) is 31.9 Å². The van der Waals surface area contributed by atoms with Gasteiger partial charge in [0, 0.05) is 24.8 Å². The third kappa shape index (κ3) is 4.97. The summed E-state index contributed by atoms with van der Waals surface area (Å²) < 4.78 is 26.8. The summed E-state index contributed by atoms with van der Waals surface area (Å²) in [6.45, 7) is 7.63. The molecule has 6 nitrogen and oxygen atoms in total. The molecule has 146 valence electrons. The zero-order chi connectivity index (χ0) is 19.3. The first kappa shape index (κ1) is 21.2. The Morgan fingerprint density at radius 1 is 1.31 bits per heavy atom. The van der Waals surface area contributed by atoms with Crippen LogP contribution in [0.1, 0.15) is 40.0 Å². The van der Waals surface area contributed by atoms with Crippen LogP contribution in [0.5, 0.6) is 0 Å². The number of likely N-dealkylation sites (tertiary alicyclic amines) is 1. The maximum absolute atomic E-state index is 12.7. The van der Waals surface area contributed by atoms with Crippen LogP contribution in [-0.2, 0) is 14.8 Å². The molecule has 2 rings (SSSR count). The van der Waals surface area contributed by atoms with Gasteiger partial charge in [-0.15, -0.1) is 0 Å². The van der Waals surface area contributed by atoms with E-state index in [1.54, 1.807) is 19.9 Å². The van der Waals surface area contributed by atoms with Gasteiger partial charge in [0.15, 0.2) is 0 Å². The highest BCUT2D eigenvalue weighted by molar-refractivity contribution is 7.89. The molecule has 0 saturated carbocycles. The van der Waals surface area contributed by atoms with Crippen molar-refractivity contribution in [2.24, 2.45) is 0 Å². The Balaban J connectivity index is 2.15. The second-order valence-corrected chi connectivity index (χ2v) is 8.91. The second-order valence-electron chi connectivity index (χ2n) is 6.60. The number of benzene rings is 1. The van der Waals surface area contributed by atoms with Crippen molar-refractivity contribution < 1.29 is 13.2 Å². The number of hydrogen-bond acceptors (Lipinski definition) is 4. The Morgan fingerprint density at radius 3 is 2.62 bits per heavy atom. The molecule has 1 aromatic carbocycles. The topological polar surface area (TPSA) is 69.7 Å². The molecule has 1 aromatic rings. The Hall–Kier alpha value is -1.15. The summed E-state index contributed by atoms with van der Waals surface area (Å²) >= 11 is 6.12. The van der Waals surface area contributed by atoms with Gasteiger partial charge in [0.25, 0.3) is 0 Å². The molecule has 1 aliphatic rings. The fourth-order valence-corrected chi connectivity index (χ4v) is 5.22. The van der Waals surface area contributed by atoms with Gasteiger partial charge in [0.05, 0.1) is 11.6 Å². The van der Waals surface area contributed by atoms with Gasteiger partial charge < -0.3 is 5.32 Å². The molecule has 26 heavy (non-hydrogen) atoms. The minimum atomic E-state index is -3.69. The van der Waals surface area contributed by atoms with Crippen molar-refractivity contribution in [3.63, 3.8) is 0 Å². The highest BCUT2D eigenvalue weighted by atomic mass is 35.5. The minimum absolute atomic E-state index is 0.0204. The monoisotopic (exact) mass is 401 g/mol. The summed E-state index contributed by atoms with van der Waals surface area (Å²) in [6, 6.07) is 4.96. The van der Waals surface area contributed by atoms with Crippen LogP contribution >= 0.6 is 11.6 Å². The van der Waals surface area contributed by atoms with E-state index in [2.05, 4.69) is 17.1 Å². The Kier molecular flexibility index (Phi) is 7.46. The first-order valence-corrected chi connectivity index (χ1v) is 10.9. The SMILES string of the molecule is CCN(CC)S(=O)(=O)c1cc(NC(=O)CN2CCCC[C@H]2C)ccc1Cl. The van der Waals surface area contributed by atoms with Crippen molar-refractivity contribution in [3.05, 3.63) is 23.2 Å². The van der Waals surface area contributed by atoms with E-state index < -0.39 is 10.0 Å². The zero-order valence-corrected chi connectivity index (χ0v) is 17.2. The molecule has 1 aliphatic heterocycles. The summed E-state index contributed by atoms with van der Waals surface area (Å²) in [4.78, 5) is 14.5. The first-order chi connectivity index (χ1) is 12.3. The van der Waals surface area contributed by atoms with E-state index in [0.717, 1.165) is 19.4 Å². The highest BCUT2D eigenvalue weighted by Crippen LogP contribution is 2.28. The van der Waals surface area contributed by atoms with Crippen LogP contribution in [0.25, 0.3) is 0 Å². The molecule has 0 bridgehead atoms. The molecule has 0 aliphatic carbocycles. The molecule has 1 saturated heterocycles. The van der Waals surface area contributed by atoms with Crippen LogP contribution < -0.4 is 5.32 Å². The molecule has 8 heteroatoms. The number of sulfonamides is 1. The highest BCUT2D eigenvalue weighted by Gasteiger charge is 2.25. The van der Waals surface area contributed by atoms with E-state index in [1.165, 1.54) is 22.9 Å². The predicted molar refractivity (Wildman–Crippen MR) is 105 cm³/mol. The number of carbonyl (C=O) groups is 1. The molecule has 1 heterocycles. The lowest BCUT2D eigenvalue weighted by Gasteiger charge is -2.32. The van der Waals surface area contributed by atoms with Crippen molar-refractivity contribution in [2.45, 2.75) is 51.0 Å². The summed E-state index contributed by atoms with van der Waals surface area (Å²) in [5.74, 6) is -0.146. The van der Waals surface area contributed by atoms with E-state index in [1.807, 2.05) is 0 Å². The van der Waals surface area contributed by atoms with Gasteiger partial charge in [-0.05, 0) is 44.5 Å². The molecule has 1 N–H and O–H groups in total. The summed E-state index contributed by atoms with van der Waals surface area (Å²) in [5.41, 5.74) is 0.440. The first-order valence-electron chi connectivity index (χ1n) is 9.13. The van der Waals surface area contributed by atoms with Gasteiger partial charge in [0.1, 0.15) is 4.90 Å². The number of halogens is 1. The van der Waals surface area contributed by atoms with Gasteiger partial charge in [-0.3, -0.25) is 9.69 Å². The number of nitrogens with zero attached hydrogens (tertiary/aromatic N) is 2. The van der Waals surface area contributed by atoms with E-state index in [9.17, 15) is 13.2 Å². The number of carbonyl (C=O) groups excluding carboxylic acids is 1. The number of rotatable bonds is 7. The fraction of sp³-hybridized carbons (Fsp3) is 0.611. The summed E-state index contributed by atoms with van der Waals surface area (Å²) in [7, 11) is -3.69. The van der Waals surface area contributed by atoms with Crippen LogP contribution in [0, 0.1) is 0 Å². The van der Waals surface area contributed by atoms with Crippen LogP contribution in [0.3, 0.4) is 0 Å². The smallest absolute Gasteiger partial charge is 0.244 e. The third-order valence-electron chi connectivity index (χ3n) is 4.83. The van der Waals surface area contributed by atoms with Crippen LogP contribution in [0.15, 0.2) is 23.1 Å². The molecule has 1 fully saturated rings. The maximum atomic E-state index is 12.7. The van der Waals surface area contributed by atoms with Crippen LogP contribution in [0.4, 0.5) is 5.69 Å². The molecular weight excluding hydrogens is 374 g/mol. The lowest BCUT2D eigenvalue weighted by atomic mass is 10.0. The van der Waals surface area contributed by atoms with Gasteiger partial charge in [-0.25, -0.2) is 8.42 Å². The third-order valence-corrected chi connectivity index (χ3v) is 7.36. The Morgan fingerprint density at radius 2 is 2.00 bits per heavy atom. The summed E-state index contributed by atoms with van der Waals surface area (Å²) in [5, 5.41) is 2.95. The zero-order valence-electron chi connectivity index (χ0n) is 15.7. The summed E-state index contributed by atoms with van der Waals surface area (Å²) in [6.07, 6.45) is 3.40. The molecule has 0 unspecified atom stereocenters. The quantitative estimate of drug-likeness (QED) is 0.761. The average molecular weight is 402 g/mol. The molecule has 0 aromatic heterocycles. The fourth-order valence-electron chi connectivity index (χ4n) is 3.26. The van der Waals surface area contributed by atoms with Crippen molar-refractivity contribution >= 4 is 33.2 Å². The largest absolute Gasteiger partial charge is 0.325 e. The Bertz CT molecular complexity index is 735. The van der Waals surface area contributed by atoms with Gasteiger partial charge in [0.2, 0.25) is 15.9 Å². The van der Waals surface area contributed by atoms with Crippen molar-refractivity contribution in [1.29, 1.82) is 0 Å². The molecular formula is C18H28ClN3O3S. The van der Waals surface area contributed by atoms with Gasteiger partial charge in [-0.2, -0.15) is 4.31 Å². The van der Waals surface area contributed by atoms with E-state index >= 15 is 0 Å². The van der Waals surface area contributed by atoms with E-state index in [0.29, 0.717) is 31.4 Å². The number of piperidine rings is 1. The van der Waals surface area contributed by atoms with Crippen LogP contribution in [-0.4, -0.2) is 55.8 Å². The van der Waals surface area contributed by atoms with E-state index in [4.69, 9.17) is 11.6 Å². The standard InChI is InChI=1S/C18H28ClN3O3S/c1-4-22(5-2)26(24,25)17-12-15(9-10-16(17)19)20-18(23)13-21-11-7-6-8-14(21)3/h9-10,12,14H,4-8,11,13H2,1-3H3,(H,20,23)/t14-/m1/s1. The molecule has 1 atom stereocenters. The number of hydrogen-bond donors (Lipinski definition) is 1. The van der Waals surface area contributed by atoms with Crippen molar-refractivity contribution in [2.75, 3.05) is 31.5 Å². The van der Waals surface area contributed by atoms with Crippen molar-refractivity contribution in [1.82, 2.24) is 9.21 Å². The normalized spacial score (nSPS) is 18.9. The second kappa shape index (κ2) is 9.17. The van der Waals surface area contributed by atoms with Crippen LogP contribution in [0.2, 0.25) is 5.02 Å². The average Bonchev–Trinajstić information content (AvgIpc) is 2.59. The van der Waals surface area contributed by atoms with Gasteiger partial charge >= 0.3 is 0 Å². The number of amides is 1. The lowest BCUT2D eigenvalue weighted by molar-refractivity contribution is -0.118. The van der Waals surface area contributed by atoms with E-state index in [-0.39, 0.29) is 15.8 Å². The minimum Gasteiger partial charge on any atom is -0.325 e. The lowest BCUT2D eigenvalue weighted by Crippen LogP contribution is -2.42. The number of anilines is 1. The molecule has 0 radical (unpaired) electrons.